The summed E-state index contributed by atoms with van der Waals surface area (Å²) in [7, 11) is 0. The lowest BCUT2D eigenvalue weighted by molar-refractivity contribution is -0.371. The predicted molar refractivity (Wildman–Crippen MR) is 270 cm³/mol. The van der Waals surface area contributed by atoms with Gasteiger partial charge in [0.05, 0.1) is 129 Å². The molecular weight excluding hydrogens is 997 g/mol. The molecule has 0 aliphatic carbocycles. The molecule has 0 aromatic heterocycles. The van der Waals surface area contributed by atoms with E-state index in [1.165, 1.54) is 0 Å². The molecule has 3 spiro atoms. The Kier molecular flexibility index (Phi) is 14.0. The van der Waals surface area contributed by atoms with E-state index in [1.807, 2.05) is 0 Å². The number of aliphatic hydroxyl groups excluding tert-OH is 3. The van der Waals surface area contributed by atoms with E-state index in [1.54, 1.807) is 0 Å². The van der Waals surface area contributed by atoms with Crippen LogP contribution in [-0.2, 0) is 71.1 Å². The average Bonchev–Trinajstić information content (AvgIpc) is 4.34. The van der Waals surface area contributed by atoms with Gasteiger partial charge in [-0.15, -0.1) is 0 Å². The van der Waals surface area contributed by atoms with E-state index in [4.69, 9.17) is 66.3 Å². The fraction of sp³-hybridized carbons (Fsp3) is 0.915. The van der Waals surface area contributed by atoms with Gasteiger partial charge >= 0.3 is 5.97 Å². The van der Waals surface area contributed by atoms with Crippen molar-refractivity contribution in [1.29, 1.82) is 0 Å². The number of aliphatic hydroxyl groups is 3. The number of hydrogen-bond donors (Lipinski definition) is 3. The van der Waals surface area contributed by atoms with Gasteiger partial charge in [-0.25, -0.2) is 0 Å². The highest BCUT2D eigenvalue weighted by Crippen LogP contribution is 2.56. The van der Waals surface area contributed by atoms with Crippen molar-refractivity contribution in [3.8, 4) is 0 Å². The van der Waals surface area contributed by atoms with Crippen LogP contribution in [0.3, 0.4) is 0 Å². The summed E-state index contributed by atoms with van der Waals surface area (Å²) in [6.07, 6.45) is 3.14. The second-order valence-electron chi connectivity index (χ2n) is 26.8. The Bertz CT molecular complexity index is 2230. The van der Waals surface area contributed by atoms with Crippen LogP contribution in [0.15, 0.2) is 24.3 Å². The molecule has 14 aliphatic rings. The van der Waals surface area contributed by atoms with Crippen LogP contribution in [0, 0.1) is 23.7 Å². The van der Waals surface area contributed by atoms with Crippen LogP contribution >= 0.6 is 0 Å². The van der Waals surface area contributed by atoms with Gasteiger partial charge in [0.25, 0.3) is 0 Å². The Balaban J connectivity index is 0.691. The Morgan fingerprint density at radius 2 is 1.16 bits per heavy atom. The van der Waals surface area contributed by atoms with E-state index < -0.39 is 66.2 Å². The number of carbonyl (C=O) groups excluding carboxylic acids is 1. The molecule has 14 saturated heterocycles. The van der Waals surface area contributed by atoms with E-state index in [0.717, 1.165) is 36.8 Å². The van der Waals surface area contributed by atoms with Crippen molar-refractivity contribution in [2.45, 2.75) is 307 Å². The summed E-state index contributed by atoms with van der Waals surface area (Å²) in [4.78, 5) is 14.5. The SMILES string of the molecule is C=C1C[C@@H]2CC[C@]34C[C@H](O)[C@H](O3)[C@H]3C[C@@H](O4)[C@H]4O[C@H](CC[C@@H]4O3)CC(=O)O[C@@H]3[C@@H](C)[C@@H]4O[C@@H]5C[C@]6(C[C@@H]7O[C@]8(C[C@H](C)[C@@H]9O[C@H](CCO)[C@H](O)C[C@@H]9O8)C[C@H](C)[C@@H]7O6)O[C@@H]5C[C@@H]4O[C@H]3C[C@H]3O[C@@H](CC[C@@H]1O2)C[C@@H](C)C3=C. The quantitative estimate of drug-likeness (QED) is 0.229. The van der Waals surface area contributed by atoms with Gasteiger partial charge < -0.3 is 81.6 Å². The first-order valence-corrected chi connectivity index (χ1v) is 30.2. The molecule has 0 unspecified atom stereocenters. The number of rotatable bonds is 2. The highest BCUT2D eigenvalue weighted by Gasteiger charge is 2.66. The lowest BCUT2D eigenvalue weighted by Gasteiger charge is -2.54. The third-order valence-electron chi connectivity index (χ3n) is 21.3. The van der Waals surface area contributed by atoms with Crippen LogP contribution in [0.2, 0.25) is 0 Å². The minimum atomic E-state index is -0.992. The third kappa shape index (κ3) is 9.68. The molecule has 0 aromatic rings. The van der Waals surface area contributed by atoms with Crippen molar-refractivity contribution < 1.29 is 86.4 Å². The third-order valence-corrected chi connectivity index (χ3v) is 21.3. The molecule has 14 rings (SSSR count). The van der Waals surface area contributed by atoms with Crippen molar-refractivity contribution in [2.75, 3.05) is 6.61 Å². The van der Waals surface area contributed by atoms with Crippen molar-refractivity contribution in [1.82, 2.24) is 0 Å². The lowest BCUT2D eigenvalue weighted by Crippen LogP contribution is -2.62. The summed E-state index contributed by atoms with van der Waals surface area (Å²) in [5.41, 5.74) is 2.12. The molecule has 77 heavy (non-hydrogen) atoms. The second kappa shape index (κ2) is 20.3. The fourth-order valence-corrected chi connectivity index (χ4v) is 17.6. The second-order valence-corrected chi connectivity index (χ2v) is 26.8. The maximum Gasteiger partial charge on any atom is 0.308 e. The molecule has 0 saturated carbocycles. The highest BCUT2D eigenvalue weighted by molar-refractivity contribution is 5.70. The molecule has 0 amide bonds. The maximum absolute atomic E-state index is 14.5. The number of fused-ring (bicyclic) bond motifs is 13. The van der Waals surface area contributed by atoms with Crippen LogP contribution < -0.4 is 0 Å². The highest BCUT2D eigenvalue weighted by atomic mass is 16.8. The van der Waals surface area contributed by atoms with E-state index >= 15 is 0 Å². The van der Waals surface area contributed by atoms with Crippen molar-refractivity contribution in [2.24, 2.45) is 23.7 Å². The van der Waals surface area contributed by atoms with Crippen LogP contribution in [0.1, 0.15) is 150 Å². The Morgan fingerprint density at radius 1 is 0.494 bits per heavy atom. The standard InChI is InChI=1S/C59H86O18/c1-27-15-33-7-9-38-28(2)16-35(64-38)11-13-57-24-37(62)55(77-57)45-21-47(73-57)56-40(67-45)10-8-34(66-56)17-50(63)71-54-32(6)53-44(68-43(54)19-41(65-33)31(27)5)20-42-48(70-53)25-59(72-42)26-49-52(76-59)30(4)23-58(75-49)22-29(3)51-46(74-58)18-36(61)39(69-51)12-14-60/h27,29-30,32-49,51-56,60-62H,2,5,7-26H2,1,3-4,6H3/t27-,29+,30+,32+,33+,34-,35+,36-,37+,38+,39-,40+,41-,42-,43+,44+,45-,46+,47-,48-,49+,51+,52+,53+,54-,55+,56+,57-,58-,59+/m1/s1. The monoisotopic (exact) mass is 1080 g/mol. The van der Waals surface area contributed by atoms with Crippen LogP contribution in [-0.4, -0.2) is 186 Å². The number of esters is 1. The predicted octanol–water partition coefficient (Wildman–Crippen LogP) is 5.55. The summed E-state index contributed by atoms with van der Waals surface area (Å²) in [5.74, 6) is -2.87. The zero-order chi connectivity index (χ0) is 52.9. The van der Waals surface area contributed by atoms with E-state index in [2.05, 4.69) is 40.9 Å². The molecule has 18 heteroatoms. The molecule has 14 aliphatic heterocycles. The minimum Gasteiger partial charge on any atom is -0.459 e. The van der Waals surface area contributed by atoms with Gasteiger partial charge in [-0.05, 0) is 80.3 Å². The Hall–Kier alpha value is -1.69. The summed E-state index contributed by atoms with van der Waals surface area (Å²) < 4.78 is 96.2. The zero-order valence-electron chi connectivity index (χ0n) is 45.6. The van der Waals surface area contributed by atoms with Crippen LogP contribution in [0.4, 0.5) is 0 Å². The summed E-state index contributed by atoms with van der Waals surface area (Å²) in [6, 6.07) is 0. The van der Waals surface area contributed by atoms with Gasteiger partial charge in [0.2, 0.25) is 0 Å². The molecule has 0 aromatic carbocycles. The minimum absolute atomic E-state index is 0.0307. The van der Waals surface area contributed by atoms with Gasteiger partial charge in [-0.2, -0.15) is 0 Å². The normalized spacial score (nSPS) is 57.3. The maximum atomic E-state index is 14.5. The van der Waals surface area contributed by atoms with Crippen molar-refractivity contribution in [3.05, 3.63) is 24.3 Å². The lowest BCUT2D eigenvalue weighted by atomic mass is 9.78. The molecule has 0 radical (unpaired) electrons. The van der Waals surface area contributed by atoms with Crippen LogP contribution in [0.25, 0.3) is 0 Å². The van der Waals surface area contributed by atoms with E-state index in [-0.39, 0.29) is 134 Å². The van der Waals surface area contributed by atoms with Gasteiger partial charge in [0.1, 0.15) is 18.3 Å². The molecule has 14 fully saturated rings. The number of carbonyl (C=O) groups is 1. The van der Waals surface area contributed by atoms with Crippen LogP contribution in [0.5, 0.6) is 0 Å². The summed E-state index contributed by atoms with van der Waals surface area (Å²) in [5, 5.41) is 31.9. The number of ether oxygens (including phenoxy) is 14. The fourth-order valence-electron chi connectivity index (χ4n) is 17.6. The molecule has 14 heterocycles. The summed E-state index contributed by atoms with van der Waals surface area (Å²) >= 11 is 0. The van der Waals surface area contributed by atoms with Crippen molar-refractivity contribution >= 4 is 5.97 Å². The average molecular weight is 1080 g/mol. The smallest absolute Gasteiger partial charge is 0.308 e. The molecular formula is C59H86O18. The summed E-state index contributed by atoms with van der Waals surface area (Å²) in [6.45, 7) is 17.8. The van der Waals surface area contributed by atoms with Gasteiger partial charge in [-0.1, -0.05) is 40.9 Å². The zero-order valence-corrected chi connectivity index (χ0v) is 45.6. The largest absolute Gasteiger partial charge is 0.459 e. The molecule has 18 nitrogen and oxygen atoms in total. The first-order chi connectivity index (χ1) is 37.0. The topological polar surface area (TPSA) is 207 Å². The molecule has 430 valence electrons. The Labute approximate surface area is 453 Å². The van der Waals surface area contributed by atoms with E-state index in [9.17, 15) is 20.1 Å². The molecule has 30 atom stereocenters. The molecule has 3 N–H and O–H groups in total. The molecule has 10 bridgehead atoms. The van der Waals surface area contributed by atoms with Gasteiger partial charge in [0.15, 0.2) is 17.4 Å². The first-order valence-electron chi connectivity index (χ1n) is 30.2. The van der Waals surface area contributed by atoms with E-state index in [0.29, 0.717) is 89.9 Å². The van der Waals surface area contributed by atoms with Gasteiger partial charge in [0, 0.05) is 76.7 Å². The number of hydrogen-bond acceptors (Lipinski definition) is 18. The van der Waals surface area contributed by atoms with Crippen molar-refractivity contribution in [3.63, 3.8) is 0 Å². The van der Waals surface area contributed by atoms with Gasteiger partial charge in [-0.3, -0.25) is 4.79 Å². The first kappa shape index (κ1) is 53.3. The Morgan fingerprint density at radius 3 is 2.00 bits per heavy atom.